The molecule has 0 saturated carbocycles. The van der Waals surface area contributed by atoms with Crippen molar-refractivity contribution >= 4 is 10.2 Å². The van der Waals surface area contributed by atoms with Crippen LogP contribution in [0.5, 0.6) is 0 Å². The first-order chi connectivity index (χ1) is 9.56. The number of likely N-dealkylation sites (tertiary alicyclic amines) is 1. The molecule has 0 aromatic rings. The fourth-order valence-corrected chi connectivity index (χ4v) is 3.34. The van der Waals surface area contributed by atoms with Gasteiger partial charge in [0.25, 0.3) is 10.2 Å². The zero-order valence-electron chi connectivity index (χ0n) is 12.9. The first kappa shape index (κ1) is 17.8. The first-order valence-electron chi connectivity index (χ1n) is 7.70. The molecule has 0 aromatic carbocycles. The van der Waals surface area contributed by atoms with Crippen molar-refractivity contribution in [2.75, 3.05) is 52.9 Å². The third-order valence-electron chi connectivity index (χ3n) is 3.62. The maximum atomic E-state index is 12.0. The summed E-state index contributed by atoms with van der Waals surface area (Å²) in [6, 6.07) is 0. The fourth-order valence-electron chi connectivity index (χ4n) is 2.34. The Morgan fingerprint density at radius 2 is 1.85 bits per heavy atom. The van der Waals surface area contributed by atoms with Gasteiger partial charge in [0.1, 0.15) is 0 Å². The molecule has 0 bridgehead atoms. The molecule has 0 spiro atoms. The Kier molecular flexibility index (Phi) is 8.63. The predicted molar refractivity (Wildman–Crippen MR) is 83.0 cm³/mol. The van der Waals surface area contributed by atoms with Gasteiger partial charge in [-0.2, -0.15) is 12.7 Å². The molecular weight excluding hydrogens is 276 g/mol. The van der Waals surface area contributed by atoms with Crippen molar-refractivity contribution in [3.63, 3.8) is 0 Å². The summed E-state index contributed by atoms with van der Waals surface area (Å²) < 4.78 is 28.0. The summed E-state index contributed by atoms with van der Waals surface area (Å²) in [4.78, 5) is 2.40. The maximum Gasteiger partial charge on any atom is 0.279 e. The van der Waals surface area contributed by atoms with Gasteiger partial charge in [0.05, 0.1) is 0 Å². The van der Waals surface area contributed by atoms with Gasteiger partial charge >= 0.3 is 0 Å². The van der Waals surface area contributed by atoms with Crippen LogP contribution in [0.25, 0.3) is 0 Å². The molecule has 0 amide bonds. The number of rotatable bonds is 11. The standard InChI is InChI=1S/C13H30N4O2S/c1-3-14-8-6-10-16(2)20(18,19)15-9-7-13-17-11-4-5-12-17/h14-15H,3-13H2,1-2H3. The third-order valence-corrected chi connectivity index (χ3v) is 5.19. The molecule has 1 saturated heterocycles. The van der Waals surface area contributed by atoms with Crippen molar-refractivity contribution in [3.8, 4) is 0 Å². The average molecular weight is 306 g/mol. The van der Waals surface area contributed by atoms with E-state index in [1.807, 2.05) is 6.92 Å². The van der Waals surface area contributed by atoms with E-state index in [9.17, 15) is 8.42 Å². The Morgan fingerprint density at radius 3 is 2.50 bits per heavy atom. The van der Waals surface area contributed by atoms with Gasteiger partial charge in [-0.15, -0.1) is 0 Å². The molecule has 1 rings (SSSR count). The van der Waals surface area contributed by atoms with Crippen LogP contribution in [0.2, 0.25) is 0 Å². The minimum atomic E-state index is -3.31. The SMILES string of the molecule is CCNCCCN(C)S(=O)(=O)NCCCN1CCCC1. The van der Waals surface area contributed by atoms with E-state index >= 15 is 0 Å². The lowest BCUT2D eigenvalue weighted by Crippen LogP contribution is -2.40. The Hall–Kier alpha value is -0.210. The number of hydrogen-bond acceptors (Lipinski definition) is 4. The summed E-state index contributed by atoms with van der Waals surface area (Å²) in [7, 11) is -1.67. The minimum Gasteiger partial charge on any atom is -0.317 e. The molecule has 20 heavy (non-hydrogen) atoms. The van der Waals surface area contributed by atoms with E-state index in [0.29, 0.717) is 13.1 Å². The monoisotopic (exact) mass is 306 g/mol. The third kappa shape index (κ3) is 6.99. The van der Waals surface area contributed by atoms with E-state index in [1.54, 1.807) is 7.05 Å². The molecule has 0 aliphatic carbocycles. The van der Waals surface area contributed by atoms with Crippen LogP contribution < -0.4 is 10.0 Å². The topological polar surface area (TPSA) is 64.7 Å². The van der Waals surface area contributed by atoms with Crippen molar-refractivity contribution in [2.24, 2.45) is 0 Å². The zero-order chi connectivity index (χ0) is 14.8. The fraction of sp³-hybridized carbons (Fsp3) is 1.00. The van der Waals surface area contributed by atoms with Gasteiger partial charge in [0, 0.05) is 20.1 Å². The van der Waals surface area contributed by atoms with E-state index in [4.69, 9.17) is 0 Å². The Labute approximate surface area is 124 Å². The van der Waals surface area contributed by atoms with Gasteiger partial charge in [-0.3, -0.25) is 0 Å². The molecule has 2 N–H and O–H groups in total. The molecule has 1 aliphatic rings. The van der Waals surface area contributed by atoms with Crippen LogP contribution in [0.4, 0.5) is 0 Å². The summed E-state index contributed by atoms with van der Waals surface area (Å²) in [5, 5.41) is 3.19. The van der Waals surface area contributed by atoms with Crippen LogP contribution in [0.15, 0.2) is 0 Å². The highest BCUT2D eigenvalue weighted by molar-refractivity contribution is 7.87. The van der Waals surface area contributed by atoms with Crippen molar-refractivity contribution in [1.29, 1.82) is 0 Å². The summed E-state index contributed by atoms with van der Waals surface area (Å²) in [5.41, 5.74) is 0. The molecule has 1 aliphatic heterocycles. The highest BCUT2D eigenvalue weighted by Crippen LogP contribution is 2.07. The quantitative estimate of drug-likeness (QED) is 0.537. The molecule has 0 aromatic heterocycles. The van der Waals surface area contributed by atoms with Crippen LogP contribution in [0, 0.1) is 0 Å². The van der Waals surface area contributed by atoms with Crippen LogP contribution in [-0.4, -0.2) is 70.5 Å². The lowest BCUT2D eigenvalue weighted by molar-refractivity contribution is 0.333. The highest BCUT2D eigenvalue weighted by atomic mass is 32.2. The number of hydrogen-bond donors (Lipinski definition) is 2. The van der Waals surface area contributed by atoms with Gasteiger partial charge in [-0.1, -0.05) is 6.92 Å². The molecule has 1 heterocycles. The summed E-state index contributed by atoms with van der Waals surface area (Å²) in [6.07, 6.45) is 4.27. The molecule has 0 unspecified atom stereocenters. The smallest absolute Gasteiger partial charge is 0.279 e. The van der Waals surface area contributed by atoms with Crippen LogP contribution in [0.3, 0.4) is 0 Å². The van der Waals surface area contributed by atoms with E-state index in [-0.39, 0.29) is 0 Å². The largest absolute Gasteiger partial charge is 0.317 e. The summed E-state index contributed by atoms with van der Waals surface area (Å²) in [6.45, 7) is 8.21. The van der Waals surface area contributed by atoms with Gasteiger partial charge in [0.15, 0.2) is 0 Å². The second kappa shape index (κ2) is 9.68. The average Bonchev–Trinajstić information content (AvgIpc) is 2.92. The molecular formula is C13H30N4O2S. The second-order valence-corrected chi connectivity index (χ2v) is 7.19. The molecule has 6 nitrogen and oxygen atoms in total. The normalized spacial score (nSPS) is 17.1. The summed E-state index contributed by atoms with van der Waals surface area (Å²) in [5.74, 6) is 0. The maximum absolute atomic E-state index is 12.0. The number of nitrogens with one attached hydrogen (secondary N) is 2. The second-order valence-electron chi connectivity index (χ2n) is 5.33. The van der Waals surface area contributed by atoms with Crippen molar-refractivity contribution in [1.82, 2.24) is 19.2 Å². The van der Waals surface area contributed by atoms with E-state index in [0.717, 1.165) is 45.6 Å². The van der Waals surface area contributed by atoms with Crippen molar-refractivity contribution in [2.45, 2.75) is 32.6 Å². The van der Waals surface area contributed by atoms with E-state index in [1.165, 1.54) is 17.1 Å². The molecule has 0 radical (unpaired) electrons. The first-order valence-corrected chi connectivity index (χ1v) is 9.14. The van der Waals surface area contributed by atoms with E-state index < -0.39 is 10.2 Å². The Bertz CT molecular complexity index is 342. The Morgan fingerprint density at radius 1 is 1.15 bits per heavy atom. The van der Waals surface area contributed by atoms with Crippen molar-refractivity contribution in [3.05, 3.63) is 0 Å². The highest BCUT2D eigenvalue weighted by Gasteiger charge is 2.16. The van der Waals surface area contributed by atoms with Gasteiger partial charge in [0.2, 0.25) is 0 Å². The van der Waals surface area contributed by atoms with Gasteiger partial charge < -0.3 is 10.2 Å². The Balaban J connectivity index is 2.12. The molecule has 120 valence electrons. The minimum absolute atomic E-state index is 0.524. The van der Waals surface area contributed by atoms with Crippen LogP contribution in [-0.2, 0) is 10.2 Å². The lowest BCUT2D eigenvalue weighted by Gasteiger charge is -2.19. The van der Waals surface area contributed by atoms with Gasteiger partial charge in [-0.05, 0) is 58.4 Å². The lowest BCUT2D eigenvalue weighted by atomic mass is 10.4. The van der Waals surface area contributed by atoms with Crippen LogP contribution in [0.1, 0.15) is 32.6 Å². The number of nitrogens with zero attached hydrogens (tertiary/aromatic N) is 2. The zero-order valence-corrected chi connectivity index (χ0v) is 13.7. The van der Waals surface area contributed by atoms with E-state index in [2.05, 4.69) is 14.9 Å². The molecule has 0 atom stereocenters. The molecule has 7 heteroatoms. The van der Waals surface area contributed by atoms with Crippen LogP contribution >= 0.6 is 0 Å². The van der Waals surface area contributed by atoms with Gasteiger partial charge in [-0.25, -0.2) is 4.72 Å². The van der Waals surface area contributed by atoms with Crippen molar-refractivity contribution < 1.29 is 8.42 Å². The summed E-state index contributed by atoms with van der Waals surface area (Å²) >= 11 is 0. The predicted octanol–water partition coefficient (Wildman–Crippen LogP) is 0.238. The molecule has 1 fully saturated rings.